The lowest BCUT2D eigenvalue weighted by molar-refractivity contribution is 0.0345. The minimum absolute atomic E-state index is 0. The Balaban J connectivity index is 0.00000312. The zero-order valence-electron chi connectivity index (χ0n) is 15.5. The molecule has 1 aromatic carbocycles. The molecule has 1 aliphatic carbocycles. The average Bonchev–Trinajstić information content (AvgIpc) is 3.35. The maximum absolute atomic E-state index is 9.99. The highest BCUT2D eigenvalue weighted by Gasteiger charge is 2.21. The third-order valence-electron chi connectivity index (χ3n) is 4.12. The molecule has 5 nitrogen and oxygen atoms in total. The first-order chi connectivity index (χ1) is 11.6. The van der Waals surface area contributed by atoms with Gasteiger partial charge in [0.25, 0.3) is 0 Å². The van der Waals surface area contributed by atoms with Crippen LogP contribution in [0.1, 0.15) is 36.5 Å². The Labute approximate surface area is 168 Å². The summed E-state index contributed by atoms with van der Waals surface area (Å²) in [5.74, 6) is 1.44. The molecule has 0 aromatic heterocycles. The summed E-state index contributed by atoms with van der Waals surface area (Å²) in [6.07, 6.45) is 2.02. The topological polar surface area (TPSA) is 65.9 Å². The van der Waals surface area contributed by atoms with Gasteiger partial charge in [-0.05, 0) is 50.7 Å². The number of hydrogen-bond donors (Lipinski definition) is 3. The normalized spacial score (nSPS) is 15.4. The van der Waals surface area contributed by atoms with Crippen molar-refractivity contribution in [1.29, 1.82) is 0 Å². The van der Waals surface area contributed by atoms with Crippen LogP contribution in [0.3, 0.4) is 0 Å². The molecule has 0 amide bonds. The molecule has 0 bridgehead atoms. The largest absolute Gasteiger partial charge is 0.389 e. The van der Waals surface area contributed by atoms with Gasteiger partial charge < -0.3 is 20.5 Å². The van der Waals surface area contributed by atoms with Gasteiger partial charge in [-0.1, -0.05) is 23.8 Å². The predicted molar refractivity (Wildman–Crippen MR) is 114 cm³/mol. The van der Waals surface area contributed by atoms with Gasteiger partial charge >= 0.3 is 0 Å². The summed E-state index contributed by atoms with van der Waals surface area (Å²) in [6, 6.07) is 6.41. The van der Waals surface area contributed by atoms with Crippen molar-refractivity contribution in [3.05, 3.63) is 34.9 Å². The van der Waals surface area contributed by atoms with E-state index in [9.17, 15) is 5.11 Å². The van der Waals surface area contributed by atoms with Crippen LogP contribution in [0, 0.1) is 19.8 Å². The predicted octanol–water partition coefficient (Wildman–Crippen LogP) is 2.76. The maximum atomic E-state index is 9.99. The number of aliphatic imine (C=N–C) groups is 1. The zero-order valence-corrected chi connectivity index (χ0v) is 17.9. The van der Waals surface area contributed by atoms with Crippen LogP contribution in [0.5, 0.6) is 0 Å². The quantitative estimate of drug-likeness (QED) is 0.301. The Morgan fingerprint density at radius 1 is 1.32 bits per heavy atom. The van der Waals surface area contributed by atoms with Gasteiger partial charge in [0.1, 0.15) is 0 Å². The van der Waals surface area contributed by atoms with Gasteiger partial charge in [0, 0.05) is 19.7 Å². The van der Waals surface area contributed by atoms with Gasteiger partial charge in [-0.15, -0.1) is 24.0 Å². The Hall–Kier alpha value is -0.860. The molecule has 1 aromatic rings. The number of ether oxygens (including phenoxy) is 1. The molecule has 1 fully saturated rings. The third-order valence-corrected chi connectivity index (χ3v) is 4.12. The fraction of sp³-hybridized carbons (Fsp3) is 0.632. The van der Waals surface area contributed by atoms with Crippen molar-refractivity contribution >= 4 is 29.9 Å². The number of nitrogens with one attached hydrogen (secondary N) is 2. The Morgan fingerprint density at radius 3 is 2.72 bits per heavy atom. The van der Waals surface area contributed by atoms with E-state index in [1.165, 1.54) is 29.5 Å². The number of guanidine groups is 1. The number of aliphatic hydroxyl groups is 1. The van der Waals surface area contributed by atoms with E-state index in [1.807, 2.05) is 6.92 Å². The smallest absolute Gasteiger partial charge is 0.191 e. The highest BCUT2D eigenvalue weighted by atomic mass is 127. The van der Waals surface area contributed by atoms with Crippen molar-refractivity contribution in [3.8, 4) is 0 Å². The molecule has 142 valence electrons. The fourth-order valence-electron chi connectivity index (χ4n) is 2.46. The lowest BCUT2D eigenvalue weighted by atomic mass is 10.1. The summed E-state index contributed by atoms with van der Waals surface area (Å²) in [7, 11) is 0. The number of benzene rings is 1. The molecule has 0 heterocycles. The number of rotatable bonds is 9. The van der Waals surface area contributed by atoms with Crippen LogP contribution in [-0.2, 0) is 11.3 Å². The second-order valence-electron chi connectivity index (χ2n) is 6.64. The van der Waals surface area contributed by atoms with E-state index >= 15 is 0 Å². The molecule has 1 saturated carbocycles. The molecule has 3 N–H and O–H groups in total. The Bertz CT molecular complexity index is 547. The van der Waals surface area contributed by atoms with E-state index in [2.05, 4.69) is 47.7 Å². The van der Waals surface area contributed by atoms with Crippen LogP contribution in [-0.4, -0.2) is 43.5 Å². The molecule has 1 atom stereocenters. The molecular formula is C19H32IN3O2. The van der Waals surface area contributed by atoms with E-state index in [0.29, 0.717) is 19.7 Å². The highest BCUT2D eigenvalue weighted by Crippen LogP contribution is 2.28. The SMILES string of the molecule is CCNC(=NCc1ccc(C)cc1C)NCC(O)COCC1CC1.I. The van der Waals surface area contributed by atoms with Crippen LogP contribution in [0.2, 0.25) is 0 Å². The number of nitrogens with zero attached hydrogens (tertiary/aromatic N) is 1. The third kappa shape index (κ3) is 8.87. The van der Waals surface area contributed by atoms with Gasteiger partial charge in [0.05, 0.1) is 19.3 Å². The van der Waals surface area contributed by atoms with Gasteiger partial charge in [0.15, 0.2) is 5.96 Å². The molecule has 0 saturated heterocycles. The van der Waals surface area contributed by atoms with Gasteiger partial charge in [0.2, 0.25) is 0 Å². The minimum atomic E-state index is -0.520. The van der Waals surface area contributed by atoms with E-state index in [1.54, 1.807) is 0 Å². The lowest BCUT2D eigenvalue weighted by Crippen LogP contribution is -2.42. The average molecular weight is 461 g/mol. The van der Waals surface area contributed by atoms with E-state index in [4.69, 9.17) is 4.74 Å². The molecule has 0 radical (unpaired) electrons. The molecule has 1 aliphatic rings. The summed E-state index contributed by atoms with van der Waals surface area (Å²) in [5, 5.41) is 16.4. The molecule has 6 heteroatoms. The maximum Gasteiger partial charge on any atom is 0.191 e. The summed E-state index contributed by atoms with van der Waals surface area (Å²) in [4.78, 5) is 4.61. The van der Waals surface area contributed by atoms with Crippen molar-refractivity contribution in [3.63, 3.8) is 0 Å². The zero-order chi connectivity index (χ0) is 17.4. The van der Waals surface area contributed by atoms with Crippen molar-refractivity contribution in [2.75, 3.05) is 26.3 Å². The van der Waals surface area contributed by atoms with E-state index < -0.39 is 6.10 Å². The molecule has 1 unspecified atom stereocenters. The fourth-order valence-corrected chi connectivity index (χ4v) is 2.46. The minimum Gasteiger partial charge on any atom is -0.389 e. The Morgan fingerprint density at radius 2 is 2.08 bits per heavy atom. The number of aryl methyl sites for hydroxylation is 2. The van der Waals surface area contributed by atoms with Crippen molar-refractivity contribution in [2.24, 2.45) is 10.9 Å². The van der Waals surface area contributed by atoms with E-state index in [-0.39, 0.29) is 24.0 Å². The molecule has 0 spiro atoms. The van der Waals surface area contributed by atoms with Gasteiger partial charge in [-0.25, -0.2) is 4.99 Å². The van der Waals surface area contributed by atoms with Crippen LogP contribution in [0.15, 0.2) is 23.2 Å². The summed E-state index contributed by atoms with van der Waals surface area (Å²) < 4.78 is 5.52. The molecule has 25 heavy (non-hydrogen) atoms. The Kier molecular flexibility index (Phi) is 10.4. The van der Waals surface area contributed by atoms with Gasteiger partial charge in [-0.2, -0.15) is 0 Å². The van der Waals surface area contributed by atoms with Crippen LogP contribution in [0.4, 0.5) is 0 Å². The standard InChI is InChI=1S/C19H31N3O2.HI/c1-4-20-19(21-10-17-8-5-14(2)9-15(17)3)22-11-18(23)13-24-12-16-6-7-16;/h5,8-9,16,18,23H,4,6-7,10-13H2,1-3H3,(H2,20,21,22);1H. The van der Waals surface area contributed by atoms with Crippen molar-refractivity contribution in [2.45, 2.75) is 46.3 Å². The first-order valence-electron chi connectivity index (χ1n) is 8.92. The monoisotopic (exact) mass is 461 g/mol. The summed E-state index contributed by atoms with van der Waals surface area (Å²) in [6.45, 7) is 9.23. The summed E-state index contributed by atoms with van der Waals surface area (Å²) >= 11 is 0. The molecular weight excluding hydrogens is 429 g/mol. The number of hydrogen-bond acceptors (Lipinski definition) is 3. The first-order valence-corrected chi connectivity index (χ1v) is 8.92. The number of halogens is 1. The lowest BCUT2D eigenvalue weighted by Gasteiger charge is -2.15. The second kappa shape index (κ2) is 11.7. The van der Waals surface area contributed by atoms with Crippen LogP contribution >= 0.6 is 24.0 Å². The number of aliphatic hydroxyl groups excluding tert-OH is 1. The van der Waals surface area contributed by atoms with Gasteiger partial charge in [-0.3, -0.25) is 0 Å². The summed E-state index contributed by atoms with van der Waals surface area (Å²) in [5.41, 5.74) is 3.73. The highest BCUT2D eigenvalue weighted by molar-refractivity contribution is 14.0. The van der Waals surface area contributed by atoms with E-state index in [0.717, 1.165) is 25.0 Å². The van der Waals surface area contributed by atoms with Crippen molar-refractivity contribution < 1.29 is 9.84 Å². The van der Waals surface area contributed by atoms with Crippen LogP contribution < -0.4 is 10.6 Å². The van der Waals surface area contributed by atoms with Crippen LogP contribution in [0.25, 0.3) is 0 Å². The molecule has 0 aliphatic heterocycles. The molecule has 2 rings (SSSR count). The van der Waals surface area contributed by atoms with Crippen molar-refractivity contribution in [1.82, 2.24) is 10.6 Å². The second-order valence-corrected chi connectivity index (χ2v) is 6.64. The first kappa shape index (κ1) is 22.2.